The van der Waals surface area contributed by atoms with Crippen LogP contribution in [0.5, 0.6) is 0 Å². The molecule has 2 fully saturated rings. The van der Waals surface area contributed by atoms with Crippen molar-refractivity contribution in [3.8, 4) is 0 Å². The van der Waals surface area contributed by atoms with Crippen LogP contribution in [0.3, 0.4) is 0 Å². The van der Waals surface area contributed by atoms with Crippen molar-refractivity contribution in [2.24, 2.45) is 11.7 Å². The summed E-state index contributed by atoms with van der Waals surface area (Å²) in [6, 6.07) is 0.462. The van der Waals surface area contributed by atoms with Gasteiger partial charge in [-0.05, 0) is 50.9 Å². The van der Waals surface area contributed by atoms with Crippen molar-refractivity contribution < 1.29 is 0 Å². The van der Waals surface area contributed by atoms with Gasteiger partial charge in [-0.2, -0.15) is 0 Å². The molecule has 0 amide bonds. The molecule has 80 valence electrons. The Morgan fingerprint density at radius 3 is 2.29 bits per heavy atom. The Kier molecular flexibility index (Phi) is 3.27. The minimum absolute atomic E-state index is 0.462. The highest BCUT2D eigenvalue weighted by Crippen LogP contribution is 2.35. The van der Waals surface area contributed by atoms with Gasteiger partial charge in [-0.15, -0.1) is 0 Å². The fourth-order valence-electron chi connectivity index (χ4n) is 3.03. The van der Waals surface area contributed by atoms with E-state index in [0.717, 1.165) is 5.92 Å². The van der Waals surface area contributed by atoms with Crippen LogP contribution in [0.2, 0.25) is 0 Å². The van der Waals surface area contributed by atoms with Gasteiger partial charge in [0.15, 0.2) is 0 Å². The summed E-state index contributed by atoms with van der Waals surface area (Å²) in [5, 5.41) is 0. The third-order valence-electron chi connectivity index (χ3n) is 3.83. The van der Waals surface area contributed by atoms with Gasteiger partial charge in [0.05, 0.1) is 0 Å². The van der Waals surface area contributed by atoms with E-state index in [-0.39, 0.29) is 0 Å². The van der Waals surface area contributed by atoms with Crippen LogP contribution >= 0.6 is 0 Å². The molecular weight excluding hydrogens is 170 g/mol. The molecule has 0 aliphatic heterocycles. The number of nitrogens with two attached hydrogens (primary N) is 1. The van der Waals surface area contributed by atoms with Gasteiger partial charge in [-0.1, -0.05) is 24.5 Å². The molecule has 1 nitrogen and oxygen atoms in total. The van der Waals surface area contributed by atoms with Crippen LogP contribution in [-0.2, 0) is 0 Å². The number of hydrogen-bond donors (Lipinski definition) is 1. The van der Waals surface area contributed by atoms with Gasteiger partial charge in [-0.25, -0.2) is 0 Å². The van der Waals surface area contributed by atoms with E-state index in [0.29, 0.717) is 6.04 Å². The van der Waals surface area contributed by atoms with Crippen molar-refractivity contribution in [3.05, 3.63) is 11.1 Å². The molecule has 1 heteroatoms. The molecule has 0 saturated heterocycles. The maximum absolute atomic E-state index is 6.03. The first kappa shape index (κ1) is 10.2. The fourth-order valence-corrected chi connectivity index (χ4v) is 3.03. The molecule has 0 spiro atoms. The molecular formula is C13H23N. The van der Waals surface area contributed by atoms with Crippen molar-refractivity contribution in [2.75, 3.05) is 0 Å². The number of rotatable bonds is 0. The standard InChI is InChI=1S/C13H23N/c1-10-4-2-5-11(8-10)12-6-3-7-13(14)9-12/h10,13H,2-9,14H2,1H3/b12-11+. The Labute approximate surface area is 87.8 Å². The van der Waals surface area contributed by atoms with Crippen molar-refractivity contribution in [3.63, 3.8) is 0 Å². The molecule has 0 radical (unpaired) electrons. The summed E-state index contributed by atoms with van der Waals surface area (Å²) in [5.41, 5.74) is 9.54. The van der Waals surface area contributed by atoms with E-state index in [2.05, 4.69) is 6.92 Å². The maximum Gasteiger partial charge on any atom is 0.00762 e. The third-order valence-corrected chi connectivity index (χ3v) is 3.83. The Morgan fingerprint density at radius 2 is 1.64 bits per heavy atom. The van der Waals surface area contributed by atoms with Gasteiger partial charge >= 0.3 is 0 Å². The molecule has 0 aromatic rings. The highest BCUT2D eigenvalue weighted by molar-refractivity contribution is 5.19. The Hall–Kier alpha value is -0.300. The van der Waals surface area contributed by atoms with Gasteiger partial charge in [0.25, 0.3) is 0 Å². The lowest BCUT2D eigenvalue weighted by atomic mass is 9.79. The van der Waals surface area contributed by atoms with Crippen LogP contribution in [0.1, 0.15) is 58.3 Å². The van der Waals surface area contributed by atoms with E-state index in [4.69, 9.17) is 5.73 Å². The van der Waals surface area contributed by atoms with Crippen molar-refractivity contribution >= 4 is 0 Å². The average Bonchev–Trinajstić information content (AvgIpc) is 2.18. The quantitative estimate of drug-likeness (QED) is 0.586. The van der Waals surface area contributed by atoms with Crippen molar-refractivity contribution in [1.29, 1.82) is 0 Å². The molecule has 2 rings (SSSR count). The summed E-state index contributed by atoms with van der Waals surface area (Å²) in [5.74, 6) is 0.921. The second-order valence-electron chi connectivity index (χ2n) is 5.27. The highest BCUT2D eigenvalue weighted by atomic mass is 14.6. The van der Waals surface area contributed by atoms with Crippen molar-refractivity contribution in [1.82, 2.24) is 0 Å². The van der Waals surface area contributed by atoms with E-state index in [9.17, 15) is 0 Å². The average molecular weight is 193 g/mol. The second-order valence-corrected chi connectivity index (χ2v) is 5.27. The van der Waals surface area contributed by atoms with Gasteiger partial charge in [0, 0.05) is 6.04 Å². The lowest BCUT2D eigenvalue weighted by molar-refractivity contribution is 0.435. The summed E-state index contributed by atoms with van der Waals surface area (Å²) in [6.45, 7) is 2.39. The zero-order valence-corrected chi connectivity index (χ0v) is 9.39. The molecule has 0 heterocycles. The molecule has 2 unspecified atom stereocenters. The largest absolute Gasteiger partial charge is 0.327 e. The van der Waals surface area contributed by atoms with Gasteiger partial charge in [-0.3, -0.25) is 0 Å². The van der Waals surface area contributed by atoms with E-state index in [1.165, 1.54) is 51.4 Å². The van der Waals surface area contributed by atoms with Crippen LogP contribution in [0.25, 0.3) is 0 Å². The zero-order valence-electron chi connectivity index (χ0n) is 9.39. The van der Waals surface area contributed by atoms with Crippen LogP contribution in [0.15, 0.2) is 11.1 Å². The summed E-state index contributed by atoms with van der Waals surface area (Å²) >= 11 is 0. The van der Waals surface area contributed by atoms with Crippen molar-refractivity contribution in [2.45, 2.75) is 64.3 Å². The molecule has 2 atom stereocenters. The first-order chi connectivity index (χ1) is 6.75. The first-order valence-corrected chi connectivity index (χ1v) is 6.21. The predicted octanol–water partition coefficient (Wildman–Crippen LogP) is 3.39. The summed E-state index contributed by atoms with van der Waals surface area (Å²) in [4.78, 5) is 0. The number of hydrogen-bond acceptors (Lipinski definition) is 1. The molecule has 2 N–H and O–H groups in total. The van der Waals surface area contributed by atoms with E-state index >= 15 is 0 Å². The maximum atomic E-state index is 6.03. The van der Waals surface area contributed by atoms with E-state index in [1.54, 1.807) is 11.1 Å². The first-order valence-electron chi connectivity index (χ1n) is 6.21. The Morgan fingerprint density at radius 1 is 1.00 bits per heavy atom. The van der Waals surface area contributed by atoms with E-state index in [1.807, 2.05) is 0 Å². The topological polar surface area (TPSA) is 26.0 Å². The van der Waals surface area contributed by atoms with E-state index < -0.39 is 0 Å². The minimum Gasteiger partial charge on any atom is -0.327 e. The molecule has 0 aromatic heterocycles. The fraction of sp³-hybridized carbons (Fsp3) is 0.846. The van der Waals surface area contributed by atoms with Gasteiger partial charge in [0.2, 0.25) is 0 Å². The monoisotopic (exact) mass is 193 g/mol. The molecule has 14 heavy (non-hydrogen) atoms. The summed E-state index contributed by atoms with van der Waals surface area (Å²) in [7, 11) is 0. The third kappa shape index (κ3) is 2.38. The van der Waals surface area contributed by atoms with Crippen LogP contribution < -0.4 is 5.73 Å². The molecule has 2 saturated carbocycles. The van der Waals surface area contributed by atoms with Gasteiger partial charge < -0.3 is 5.73 Å². The minimum atomic E-state index is 0.462. The lowest BCUT2D eigenvalue weighted by Gasteiger charge is -2.28. The molecule has 2 aliphatic carbocycles. The predicted molar refractivity (Wildman–Crippen MR) is 61.1 cm³/mol. The molecule has 2 aliphatic rings. The van der Waals surface area contributed by atoms with Crippen LogP contribution in [-0.4, -0.2) is 6.04 Å². The molecule has 0 bridgehead atoms. The number of allylic oxidation sites excluding steroid dienone is 1. The lowest BCUT2D eigenvalue weighted by Crippen LogP contribution is -2.25. The highest BCUT2D eigenvalue weighted by Gasteiger charge is 2.20. The Balaban J connectivity index is 2.04. The Bertz CT molecular complexity index is 205. The summed E-state index contributed by atoms with van der Waals surface area (Å²) < 4.78 is 0. The van der Waals surface area contributed by atoms with Crippen LogP contribution in [0.4, 0.5) is 0 Å². The SMILES string of the molecule is CC1CCC/C(=C2/CCCC(N)C2)C1. The summed E-state index contributed by atoms with van der Waals surface area (Å²) in [6.07, 6.45) is 10.7. The van der Waals surface area contributed by atoms with Gasteiger partial charge in [0.1, 0.15) is 0 Å². The smallest absolute Gasteiger partial charge is 0.00762 e. The second kappa shape index (κ2) is 4.48. The van der Waals surface area contributed by atoms with Crippen LogP contribution in [0, 0.1) is 5.92 Å². The normalized spacial score (nSPS) is 39.9. The zero-order chi connectivity index (χ0) is 9.97. The molecule has 0 aromatic carbocycles.